The van der Waals surface area contributed by atoms with Crippen molar-refractivity contribution in [2.75, 3.05) is 0 Å². The first kappa shape index (κ1) is 23.3. The monoisotopic (exact) mass is 498 g/mol. The maximum absolute atomic E-state index is 11.5. The predicted molar refractivity (Wildman–Crippen MR) is 142 cm³/mol. The van der Waals surface area contributed by atoms with E-state index >= 15 is 0 Å². The van der Waals surface area contributed by atoms with Gasteiger partial charge >= 0.3 is 0 Å². The van der Waals surface area contributed by atoms with E-state index in [0.29, 0.717) is 12.2 Å². The Balaban J connectivity index is 1.98. The molecule has 168 valence electrons. The molecular weight excluding hydrogens is 468 g/mol. The molecule has 0 atom stereocenters. The molecule has 0 unspecified atom stereocenters. The van der Waals surface area contributed by atoms with Gasteiger partial charge in [-0.3, -0.25) is 0 Å². The number of rotatable bonds is 6. The SMILES string of the molecule is CC(C)(c1ccccc1)c1cc(O)c(Cc2ccccc2)c(C(C)(C)c2ccccc2)c1Br. The summed E-state index contributed by atoms with van der Waals surface area (Å²) in [5.41, 5.74) is 6.20. The van der Waals surface area contributed by atoms with Crippen LogP contribution in [-0.4, -0.2) is 5.11 Å². The van der Waals surface area contributed by atoms with Crippen LogP contribution in [0.4, 0.5) is 0 Å². The summed E-state index contributed by atoms with van der Waals surface area (Å²) in [5.74, 6) is 0.347. The fraction of sp³-hybridized carbons (Fsp3) is 0.226. The molecule has 4 aromatic carbocycles. The topological polar surface area (TPSA) is 20.2 Å². The second-order valence-corrected chi connectivity index (χ2v) is 10.5. The zero-order chi connectivity index (χ0) is 23.6. The fourth-order valence-corrected chi connectivity index (χ4v) is 6.12. The lowest BCUT2D eigenvalue weighted by Crippen LogP contribution is -2.26. The molecule has 0 aliphatic heterocycles. The number of halogens is 1. The van der Waals surface area contributed by atoms with E-state index in [9.17, 15) is 5.11 Å². The lowest BCUT2D eigenvalue weighted by atomic mass is 9.71. The molecule has 0 aliphatic carbocycles. The van der Waals surface area contributed by atoms with E-state index in [1.165, 1.54) is 16.7 Å². The summed E-state index contributed by atoms with van der Waals surface area (Å²) in [6.07, 6.45) is 0.670. The predicted octanol–water partition coefficient (Wildman–Crippen LogP) is 8.40. The summed E-state index contributed by atoms with van der Waals surface area (Å²) in [5, 5.41) is 11.5. The van der Waals surface area contributed by atoms with Crippen LogP contribution in [0, 0.1) is 0 Å². The highest BCUT2D eigenvalue weighted by atomic mass is 79.9. The van der Waals surface area contributed by atoms with Gasteiger partial charge in [0.1, 0.15) is 5.75 Å². The molecule has 0 saturated carbocycles. The Morgan fingerprint density at radius 2 is 1.12 bits per heavy atom. The van der Waals surface area contributed by atoms with Crippen molar-refractivity contribution in [2.45, 2.75) is 44.9 Å². The van der Waals surface area contributed by atoms with Gasteiger partial charge in [0.2, 0.25) is 0 Å². The third kappa shape index (κ3) is 4.50. The molecule has 0 heterocycles. The molecule has 0 bridgehead atoms. The first-order chi connectivity index (χ1) is 15.7. The van der Waals surface area contributed by atoms with Gasteiger partial charge in [-0.25, -0.2) is 0 Å². The molecule has 2 heteroatoms. The van der Waals surface area contributed by atoms with E-state index in [1.54, 1.807) is 0 Å². The Bertz CT molecular complexity index is 1230. The number of aromatic hydroxyl groups is 1. The molecule has 0 amide bonds. The van der Waals surface area contributed by atoms with Crippen molar-refractivity contribution in [2.24, 2.45) is 0 Å². The minimum atomic E-state index is -0.315. The van der Waals surface area contributed by atoms with Crippen LogP contribution in [0.5, 0.6) is 5.75 Å². The number of benzene rings is 4. The summed E-state index contributed by atoms with van der Waals surface area (Å²) < 4.78 is 1.06. The zero-order valence-corrected chi connectivity index (χ0v) is 21.4. The Morgan fingerprint density at radius 1 is 0.667 bits per heavy atom. The molecule has 0 spiro atoms. The highest BCUT2D eigenvalue weighted by molar-refractivity contribution is 9.10. The van der Waals surface area contributed by atoms with Crippen molar-refractivity contribution in [1.29, 1.82) is 0 Å². The molecule has 1 nitrogen and oxygen atoms in total. The molecule has 4 aromatic rings. The van der Waals surface area contributed by atoms with Crippen molar-refractivity contribution >= 4 is 15.9 Å². The van der Waals surface area contributed by atoms with Gasteiger partial charge in [-0.05, 0) is 33.9 Å². The third-order valence-corrected chi connectivity index (χ3v) is 7.68. The maximum Gasteiger partial charge on any atom is 0.119 e. The van der Waals surface area contributed by atoms with Crippen LogP contribution < -0.4 is 0 Å². The zero-order valence-electron chi connectivity index (χ0n) is 19.8. The van der Waals surface area contributed by atoms with Crippen molar-refractivity contribution in [3.05, 3.63) is 135 Å². The first-order valence-electron chi connectivity index (χ1n) is 11.4. The van der Waals surface area contributed by atoms with E-state index in [2.05, 4.69) is 116 Å². The van der Waals surface area contributed by atoms with Crippen molar-refractivity contribution < 1.29 is 5.11 Å². The fourth-order valence-electron chi connectivity index (χ4n) is 4.78. The molecular formula is C31H31BrO. The number of hydrogen-bond acceptors (Lipinski definition) is 1. The Morgan fingerprint density at radius 3 is 1.64 bits per heavy atom. The summed E-state index contributed by atoms with van der Waals surface area (Å²) in [7, 11) is 0. The minimum absolute atomic E-state index is 0.287. The molecule has 0 aliphatic rings. The molecule has 0 radical (unpaired) electrons. The summed E-state index contributed by atoms with van der Waals surface area (Å²) in [6, 6.07) is 33.4. The van der Waals surface area contributed by atoms with Gasteiger partial charge in [0, 0.05) is 27.3 Å². The Labute approximate surface area is 206 Å². The molecule has 4 rings (SSSR count). The molecule has 0 saturated heterocycles. The quantitative estimate of drug-likeness (QED) is 0.282. The highest BCUT2D eigenvalue weighted by Crippen LogP contribution is 2.48. The van der Waals surface area contributed by atoms with Gasteiger partial charge in [-0.1, -0.05) is 135 Å². The van der Waals surface area contributed by atoms with Gasteiger partial charge in [-0.2, -0.15) is 0 Å². The number of phenolic OH excluding ortho intramolecular Hbond substituents is 1. The van der Waals surface area contributed by atoms with Gasteiger partial charge < -0.3 is 5.11 Å². The maximum atomic E-state index is 11.5. The summed E-state index contributed by atoms with van der Waals surface area (Å²) in [4.78, 5) is 0. The van der Waals surface area contributed by atoms with E-state index in [-0.39, 0.29) is 10.8 Å². The molecule has 1 N–H and O–H groups in total. The lowest BCUT2D eigenvalue weighted by Gasteiger charge is -2.35. The summed E-state index contributed by atoms with van der Waals surface area (Å²) >= 11 is 4.03. The van der Waals surface area contributed by atoms with Gasteiger partial charge in [-0.15, -0.1) is 0 Å². The second-order valence-electron chi connectivity index (χ2n) is 9.76. The first-order valence-corrected chi connectivity index (χ1v) is 12.2. The minimum Gasteiger partial charge on any atom is -0.508 e. The van der Waals surface area contributed by atoms with Gasteiger partial charge in [0.25, 0.3) is 0 Å². The normalized spacial score (nSPS) is 12.0. The standard InChI is InChI=1S/C31H31BrO/c1-30(2,23-16-10-6-11-17-23)26-21-27(33)25(20-22-14-8-5-9-15-22)28(29(26)32)31(3,4)24-18-12-7-13-19-24/h5-19,21,33H,20H2,1-4H3. The number of hydrogen-bond donors (Lipinski definition) is 1. The Kier molecular flexibility index (Phi) is 6.50. The van der Waals surface area contributed by atoms with E-state index in [1.807, 2.05) is 24.3 Å². The van der Waals surface area contributed by atoms with E-state index in [4.69, 9.17) is 0 Å². The van der Waals surface area contributed by atoms with Crippen LogP contribution in [-0.2, 0) is 17.3 Å². The average Bonchev–Trinajstić information content (AvgIpc) is 2.83. The van der Waals surface area contributed by atoms with Crippen molar-refractivity contribution in [1.82, 2.24) is 0 Å². The average molecular weight is 499 g/mol. The van der Waals surface area contributed by atoms with Gasteiger partial charge in [0.15, 0.2) is 0 Å². The lowest BCUT2D eigenvalue weighted by molar-refractivity contribution is 0.461. The van der Waals surface area contributed by atoms with Crippen LogP contribution in [0.15, 0.2) is 102 Å². The van der Waals surface area contributed by atoms with Crippen molar-refractivity contribution in [3.63, 3.8) is 0 Å². The van der Waals surface area contributed by atoms with E-state index in [0.717, 1.165) is 21.2 Å². The van der Waals surface area contributed by atoms with E-state index < -0.39 is 0 Å². The van der Waals surface area contributed by atoms with Crippen LogP contribution in [0.2, 0.25) is 0 Å². The molecule has 0 fully saturated rings. The van der Waals surface area contributed by atoms with Crippen molar-refractivity contribution in [3.8, 4) is 5.75 Å². The van der Waals surface area contributed by atoms with Crippen LogP contribution in [0.1, 0.15) is 61.1 Å². The highest BCUT2D eigenvalue weighted by Gasteiger charge is 2.35. The second kappa shape index (κ2) is 9.19. The van der Waals surface area contributed by atoms with Gasteiger partial charge in [0.05, 0.1) is 0 Å². The number of phenols is 1. The summed E-state index contributed by atoms with van der Waals surface area (Å²) in [6.45, 7) is 8.93. The molecule has 0 aromatic heterocycles. The Hall–Kier alpha value is -2.84. The smallest absolute Gasteiger partial charge is 0.119 e. The largest absolute Gasteiger partial charge is 0.508 e. The van der Waals surface area contributed by atoms with Crippen LogP contribution >= 0.6 is 15.9 Å². The van der Waals surface area contributed by atoms with Crippen LogP contribution in [0.3, 0.4) is 0 Å². The van der Waals surface area contributed by atoms with Crippen LogP contribution in [0.25, 0.3) is 0 Å². The third-order valence-electron chi connectivity index (χ3n) is 6.86. The molecule has 33 heavy (non-hydrogen) atoms.